The van der Waals surface area contributed by atoms with Crippen LogP contribution < -0.4 is 4.90 Å². The van der Waals surface area contributed by atoms with Gasteiger partial charge in [0.1, 0.15) is 5.82 Å². The molecule has 1 aromatic heterocycles. The van der Waals surface area contributed by atoms with Crippen LogP contribution in [-0.2, 0) is 0 Å². The molecular formula is C19H17FN2OS. The molecule has 0 unspecified atom stereocenters. The number of anilines is 1. The molecule has 0 aliphatic carbocycles. The van der Waals surface area contributed by atoms with Gasteiger partial charge in [0.15, 0.2) is 0 Å². The minimum Gasteiger partial charge on any atom is -0.366 e. The summed E-state index contributed by atoms with van der Waals surface area (Å²) in [5.41, 5.74) is 0.617. The molecule has 1 amide bonds. The summed E-state index contributed by atoms with van der Waals surface area (Å²) in [4.78, 5) is 17.4. The Morgan fingerprint density at radius 2 is 1.67 bits per heavy atom. The Kier molecular flexibility index (Phi) is 3.94. The van der Waals surface area contributed by atoms with Crippen molar-refractivity contribution in [2.24, 2.45) is 0 Å². The highest BCUT2D eigenvalue weighted by molar-refractivity contribution is 7.20. The summed E-state index contributed by atoms with van der Waals surface area (Å²) < 4.78 is 15.0. The van der Waals surface area contributed by atoms with Gasteiger partial charge in [-0.3, -0.25) is 4.79 Å². The van der Waals surface area contributed by atoms with Gasteiger partial charge in [0, 0.05) is 30.9 Å². The van der Waals surface area contributed by atoms with Crippen molar-refractivity contribution in [1.29, 1.82) is 0 Å². The minimum atomic E-state index is -0.207. The number of carbonyl (C=O) groups is 1. The molecule has 0 N–H and O–H groups in total. The topological polar surface area (TPSA) is 23.6 Å². The quantitative estimate of drug-likeness (QED) is 0.704. The van der Waals surface area contributed by atoms with Crippen LogP contribution in [0.25, 0.3) is 10.1 Å². The Bertz CT molecular complexity index is 851. The fraction of sp³-hybridized carbons (Fsp3) is 0.211. The number of fused-ring (bicyclic) bond motifs is 1. The first kappa shape index (κ1) is 15.1. The van der Waals surface area contributed by atoms with E-state index in [2.05, 4.69) is 0 Å². The number of rotatable bonds is 2. The van der Waals surface area contributed by atoms with Crippen LogP contribution >= 0.6 is 11.3 Å². The number of carbonyl (C=O) groups excluding carboxylic acids is 1. The van der Waals surface area contributed by atoms with Crippen molar-refractivity contribution < 1.29 is 9.18 Å². The van der Waals surface area contributed by atoms with E-state index in [1.165, 1.54) is 17.4 Å². The summed E-state index contributed by atoms with van der Waals surface area (Å²) in [7, 11) is 0. The van der Waals surface area contributed by atoms with E-state index in [4.69, 9.17) is 0 Å². The molecule has 3 aromatic rings. The minimum absolute atomic E-state index is 0.0735. The lowest BCUT2D eigenvalue weighted by Gasteiger charge is -2.36. The zero-order valence-electron chi connectivity index (χ0n) is 13.1. The Labute approximate surface area is 143 Å². The van der Waals surface area contributed by atoms with Crippen LogP contribution in [0.2, 0.25) is 0 Å². The molecule has 24 heavy (non-hydrogen) atoms. The Morgan fingerprint density at radius 3 is 2.42 bits per heavy atom. The summed E-state index contributed by atoms with van der Waals surface area (Å²) >= 11 is 1.53. The van der Waals surface area contributed by atoms with Crippen LogP contribution in [0.4, 0.5) is 10.1 Å². The molecular weight excluding hydrogens is 323 g/mol. The first-order valence-corrected chi connectivity index (χ1v) is 8.81. The van der Waals surface area contributed by atoms with Crippen molar-refractivity contribution in [3.63, 3.8) is 0 Å². The molecule has 3 nitrogen and oxygen atoms in total. The summed E-state index contributed by atoms with van der Waals surface area (Å²) in [6.07, 6.45) is 0. The van der Waals surface area contributed by atoms with Gasteiger partial charge < -0.3 is 9.80 Å². The molecule has 2 aromatic carbocycles. The van der Waals surface area contributed by atoms with E-state index in [1.54, 1.807) is 12.1 Å². The predicted molar refractivity (Wildman–Crippen MR) is 96.3 cm³/mol. The highest BCUT2D eigenvalue weighted by Gasteiger charge is 2.24. The number of halogens is 1. The second-order valence-corrected chi connectivity index (χ2v) is 6.96. The first-order chi connectivity index (χ1) is 11.7. The molecule has 4 rings (SSSR count). The second kappa shape index (κ2) is 6.24. The predicted octanol–water partition coefficient (Wildman–Crippen LogP) is 4.00. The largest absolute Gasteiger partial charge is 0.366 e. The molecule has 5 heteroatoms. The molecule has 0 bridgehead atoms. The molecule has 2 heterocycles. The van der Waals surface area contributed by atoms with E-state index < -0.39 is 0 Å². The monoisotopic (exact) mass is 340 g/mol. The van der Waals surface area contributed by atoms with Gasteiger partial charge in [-0.25, -0.2) is 4.39 Å². The zero-order valence-corrected chi connectivity index (χ0v) is 13.9. The number of thiophene rings is 1. The van der Waals surface area contributed by atoms with Crippen molar-refractivity contribution in [3.05, 3.63) is 65.3 Å². The van der Waals surface area contributed by atoms with Crippen molar-refractivity contribution >= 4 is 33.0 Å². The maximum Gasteiger partial charge on any atom is 0.264 e. The number of hydrogen-bond acceptors (Lipinski definition) is 3. The highest BCUT2D eigenvalue weighted by Crippen LogP contribution is 2.27. The van der Waals surface area contributed by atoms with Gasteiger partial charge in [0.05, 0.1) is 10.6 Å². The first-order valence-electron chi connectivity index (χ1n) is 8.00. The lowest BCUT2D eigenvalue weighted by Crippen LogP contribution is -2.48. The number of benzene rings is 2. The zero-order chi connectivity index (χ0) is 16.5. The van der Waals surface area contributed by atoms with Crippen LogP contribution in [0.5, 0.6) is 0 Å². The number of nitrogens with zero attached hydrogens (tertiary/aromatic N) is 2. The lowest BCUT2D eigenvalue weighted by molar-refractivity contribution is 0.0751. The average Bonchev–Trinajstić information content (AvgIpc) is 3.06. The second-order valence-electron chi connectivity index (χ2n) is 5.88. The maximum atomic E-state index is 13.9. The van der Waals surface area contributed by atoms with Gasteiger partial charge in [0.25, 0.3) is 5.91 Å². The maximum absolute atomic E-state index is 13.9. The Morgan fingerprint density at radius 1 is 0.958 bits per heavy atom. The summed E-state index contributed by atoms with van der Waals surface area (Å²) in [6.45, 7) is 2.53. The van der Waals surface area contributed by atoms with Crippen molar-refractivity contribution in [3.8, 4) is 0 Å². The molecule has 0 radical (unpaired) electrons. The third-order valence-electron chi connectivity index (χ3n) is 4.40. The van der Waals surface area contributed by atoms with Crippen molar-refractivity contribution in [2.75, 3.05) is 31.1 Å². The number of hydrogen-bond donors (Lipinski definition) is 0. The standard InChI is InChI=1S/C19H17FN2OS/c20-15-6-2-3-7-16(15)21-9-11-22(12-10-21)19(23)18-13-14-5-1-4-8-17(14)24-18/h1-8,13H,9-12H2. The molecule has 0 spiro atoms. The van der Waals surface area contributed by atoms with Crippen LogP contribution in [0, 0.1) is 5.82 Å². The third-order valence-corrected chi connectivity index (χ3v) is 5.50. The highest BCUT2D eigenvalue weighted by atomic mass is 32.1. The van der Waals surface area contributed by atoms with E-state index in [0.29, 0.717) is 31.9 Å². The summed E-state index contributed by atoms with van der Waals surface area (Å²) in [5, 5.41) is 1.11. The molecule has 1 saturated heterocycles. The van der Waals surface area contributed by atoms with Gasteiger partial charge >= 0.3 is 0 Å². The molecule has 0 saturated carbocycles. The van der Waals surface area contributed by atoms with E-state index in [1.807, 2.05) is 46.2 Å². The molecule has 122 valence electrons. The van der Waals surface area contributed by atoms with Crippen molar-refractivity contribution in [2.45, 2.75) is 0 Å². The molecule has 1 aliphatic heterocycles. The van der Waals surface area contributed by atoms with Crippen molar-refractivity contribution in [1.82, 2.24) is 4.90 Å². The lowest BCUT2D eigenvalue weighted by atomic mass is 10.2. The number of amides is 1. The van der Waals surface area contributed by atoms with Crippen LogP contribution in [-0.4, -0.2) is 37.0 Å². The average molecular weight is 340 g/mol. The third kappa shape index (κ3) is 2.76. The number of para-hydroxylation sites is 1. The van der Waals surface area contributed by atoms with Crippen LogP contribution in [0.1, 0.15) is 9.67 Å². The normalized spacial score (nSPS) is 15.0. The summed E-state index contributed by atoms with van der Waals surface area (Å²) in [5.74, 6) is -0.133. The smallest absolute Gasteiger partial charge is 0.264 e. The van der Waals surface area contributed by atoms with Gasteiger partial charge in [-0.05, 0) is 29.7 Å². The van der Waals surface area contributed by atoms with E-state index in [-0.39, 0.29) is 11.7 Å². The van der Waals surface area contributed by atoms with E-state index in [0.717, 1.165) is 15.0 Å². The summed E-state index contributed by atoms with van der Waals surface area (Å²) in [6, 6.07) is 16.8. The van der Waals surface area contributed by atoms with Crippen LogP contribution in [0.3, 0.4) is 0 Å². The van der Waals surface area contributed by atoms with E-state index in [9.17, 15) is 9.18 Å². The molecule has 1 aliphatic rings. The fourth-order valence-electron chi connectivity index (χ4n) is 3.10. The Balaban J connectivity index is 1.47. The Hall–Kier alpha value is -2.40. The molecule has 0 atom stereocenters. The SMILES string of the molecule is O=C(c1cc2ccccc2s1)N1CCN(c2ccccc2F)CC1. The van der Waals surface area contributed by atoms with Crippen LogP contribution in [0.15, 0.2) is 54.6 Å². The van der Waals surface area contributed by atoms with Gasteiger partial charge in [-0.1, -0.05) is 30.3 Å². The van der Waals surface area contributed by atoms with Gasteiger partial charge in [0.2, 0.25) is 0 Å². The fourth-order valence-corrected chi connectivity index (χ4v) is 4.13. The van der Waals surface area contributed by atoms with Gasteiger partial charge in [-0.2, -0.15) is 0 Å². The van der Waals surface area contributed by atoms with E-state index >= 15 is 0 Å². The van der Waals surface area contributed by atoms with Gasteiger partial charge in [-0.15, -0.1) is 11.3 Å². The number of piperazine rings is 1. The molecule has 1 fully saturated rings.